The molecule has 4 unspecified atom stereocenters. The highest BCUT2D eigenvalue weighted by Gasteiger charge is 2.33. The molecule has 0 heterocycles. The van der Waals surface area contributed by atoms with Crippen molar-refractivity contribution in [2.75, 3.05) is 13.2 Å². The van der Waals surface area contributed by atoms with Gasteiger partial charge in [0.25, 0.3) is 0 Å². The molecule has 5 heteroatoms. The third-order valence-electron chi connectivity index (χ3n) is 4.44. The molecule has 24 heavy (non-hydrogen) atoms. The number of carbonyl (C=O) groups is 1. The van der Waals surface area contributed by atoms with Crippen LogP contribution in [0.1, 0.15) is 39.5 Å². The fraction of sp³-hybridized carbons (Fsp3) is 0.632. The molecule has 0 radical (unpaired) electrons. The molecule has 136 valence electrons. The van der Waals surface area contributed by atoms with Gasteiger partial charge in [0, 0.05) is 5.92 Å². The van der Waals surface area contributed by atoms with Crippen LogP contribution in [0, 0.1) is 11.8 Å². The molecule has 0 saturated carbocycles. The lowest BCUT2D eigenvalue weighted by Crippen LogP contribution is -2.41. The van der Waals surface area contributed by atoms with E-state index in [1.807, 2.05) is 18.2 Å². The zero-order valence-electron chi connectivity index (χ0n) is 14.6. The van der Waals surface area contributed by atoms with Crippen molar-refractivity contribution in [3.8, 4) is 5.75 Å². The van der Waals surface area contributed by atoms with Gasteiger partial charge in [-0.1, -0.05) is 51.3 Å². The van der Waals surface area contributed by atoms with Gasteiger partial charge in [-0.05, 0) is 24.5 Å². The van der Waals surface area contributed by atoms with Crippen molar-refractivity contribution >= 4 is 5.78 Å². The standard InChI is InChI=1S/C19H30O5/c1-3-4-6-11-16(19(23)17(21)12-20)14(2)18(22)13-24-15-9-7-5-8-10-15/h5,7-10,14,16-17,19-21,23H,3-4,6,11-13H2,1-2H3. The summed E-state index contributed by atoms with van der Waals surface area (Å²) in [6.07, 6.45) is 1.17. The van der Waals surface area contributed by atoms with Crippen LogP contribution in [0.15, 0.2) is 30.3 Å². The Morgan fingerprint density at radius 1 is 1.17 bits per heavy atom. The molecule has 0 aliphatic carbocycles. The van der Waals surface area contributed by atoms with Crippen molar-refractivity contribution in [1.29, 1.82) is 0 Å². The first-order chi connectivity index (χ1) is 11.5. The van der Waals surface area contributed by atoms with Crippen LogP contribution in [-0.4, -0.2) is 46.5 Å². The monoisotopic (exact) mass is 338 g/mol. The Balaban J connectivity index is 2.66. The molecule has 0 aromatic heterocycles. The topological polar surface area (TPSA) is 87.0 Å². The molecule has 0 aliphatic heterocycles. The second-order valence-electron chi connectivity index (χ2n) is 6.26. The van der Waals surface area contributed by atoms with E-state index in [1.165, 1.54) is 0 Å². The minimum absolute atomic E-state index is 0.0720. The molecule has 1 aromatic carbocycles. The number of Topliss-reactive ketones (excluding diaryl/α,β-unsaturated/α-hetero) is 1. The number of benzene rings is 1. The predicted octanol–water partition coefficient (Wildman–Crippen LogP) is 2.18. The highest BCUT2D eigenvalue weighted by Crippen LogP contribution is 2.26. The lowest BCUT2D eigenvalue weighted by molar-refractivity contribution is -0.130. The van der Waals surface area contributed by atoms with Gasteiger partial charge in [-0.25, -0.2) is 0 Å². The Bertz CT molecular complexity index is 462. The number of ketones is 1. The average Bonchev–Trinajstić information content (AvgIpc) is 2.62. The molecule has 0 saturated heterocycles. The van der Waals surface area contributed by atoms with E-state index in [0.29, 0.717) is 12.2 Å². The van der Waals surface area contributed by atoms with Gasteiger partial charge in [0.05, 0.1) is 12.7 Å². The molecule has 0 amide bonds. The Hall–Kier alpha value is -1.43. The van der Waals surface area contributed by atoms with E-state index in [-0.39, 0.29) is 12.4 Å². The van der Waals surface area contributed by atoms with E-state index in [9.17, 15) is 15.0 Å². The van der Waals surface area contributed by atoms with E-state index in [2.05, 4.69) is 6.92 Å². The second-order valence-corrected chi connectivity index (χ2v) is 6.26. The van der Waals surface area contributed by atoms with Crippen molar-refractivity contribution in [2.45, 2.75) is 51.7 Å². The van der Waals surface area contributed by atoms with Crippen LogP contribution in [0.2, 0.25) is 0 Å². The van der Waals surface area contributed by atoms with E-state index in [1.54, 1.807) is 19.1 Å². The van der Waals surface area contributed by atoms with Crippen LogP contribution >= 0.6 is 0 Å². The number of aliphatic hydroxyl groups is 3. The van der Waals surface area contributed by atoms with Crippen molar-refractivity contribution in [3.05, 3.63) is 30.3 Å². The summed E-state index contributed by atoms with van der Waals surface area (Å²) in [4.78, 5) is 12.4. The van der Waals surface area contributed by atoms with Crippen molar-refractivity contribution in [2.24, 2.45) is 11.8 Å². The van der Waals surface area contributed by atoms with Crippen molar-refractivity contribution in [1.82, 2.24) is 0 Å². The Morgan fingerprint density at radius 2 is 1.83 bits per heavy atom. The van der Waals surface area contributed by atoms with Gasteiger partial charge < -0.3 is 20.1 Å². The summed E-state index contributed by atoms with van der Waals surface area (Å²) in [7, 11) is 0. The van der Waals surface area contributed by atoms with Crippen LogP contribution < -0.4 is 4.74 Å². The minimum Gasteiger partial charge on any atom is -0.486 e. The maximum Gasteiger partial charge on any atom is 0.173 e. The van der Waals surface area contributed by atoms with E-state index in [0.717, 1.165) is 19.3 Å². The maximum absolute atomic E-state index is 12.4. The fourth-order valence-corrected chi connectivity index (χ4v) is 2.78. The number of carbonyl (C=O) groups excluding carboxylic acids is 1. The molecular weight excluding hydrogens is 308 g/mol. The van der Waals surface area contributed by atoms with E-state index in [4.69, 9.17) is 9.84 Å². The quantitative estimate of drug-likeness (QED) is 0.509. The van der Waals surface area contributed by atoms with Gasteiger partial charge in [0.15, 0.2) is 5.78 Å². The number of unbranched alkanes of at least 4 members (excludes halogenated alkanes) is 2. The summed E-state index contributed by atoms with van der Waals surface area (Å²) in [5.74, 6) is -0.353. The maximum atomic E-state index is 12.4. The van der Waals surface area contributed by atoms with Crippen molar-refractivity contribution in [3.63, 3.8) is 0 Å². The van der Waals surface area contributed by atoms with Crippen LogP contribution in [0.4, 0.5) is 0 Å². The van der Waals surface area contributed by atoms with Crippen LogP contribution in [0.25, 0.3) is 0 Å². The molecule has 1 aromatic rings. The van der Waals surface area contributed by atoms with Gasteiger partial charge in [0.2, 0.25) is 0 Å². The minimum atomic E-state index is -1.23. The van der Waals surface area contributed by atoms with E-state index < -0.39 is 30.7 Å². The van der Waals surface area contributed by atoms with Gasteiger partial charge in [-0.3, -0.25) is 4.79 Å². The molecule has 0 bridgehead atoms. The Kier molecular flexibility index (Phi) is 9.60. The SMILES string of the molecule is CCCCCC(C(C)C(=O)COc1ccccc1)C(O)C(O)CO. The molecule has 0 fully saturated rings. The van der Waals surface area contributed by atoms with E-state index >= 15 is 0 Å². The highest BCUT2D eigenvalue weighted by atomic mass is 16.5. The molecule has 5 nitrogen and oxygen atoms in total. The normalized spacial score (nSPS) is 16.2. The molecule has 1 rings (SSSR count). The first kappa shape index (κ1) is 20.6. The van der Waals surface area contributed by atoms with Gasteiger partial charge in [0.1, 0.15) is 18.5 Å². The summed E-state index contributed by atoms with van der Waals surface area (Å²) in [5.41, 5.74) is 0. The summed E-state index contributed by atoms with van der Waals surface area (Å²) in [6.45, 7) is 3.24. The zero-order chi connectivity index (χ0) is 17.9. The molecular formula is C19H30O5. The number of aliphatic hydroxyl groups excluding tert-OH is 3. The van der Waals surface area contributed by atoms with Crippen LogP contribution in [0.3, 0.4) is 0 Å². The average molecular weight is 338 g/mol. The lowest BCUT2D eigenvalue weighted by atomic mass is 9.80. The molecule has 3 N–H and O–H groups in total. The number of hydrogen-bond acceptors (Lipinski definition) is 5. The lowest BCUT2D eigenvalue weighted by Gasteiger charge is -2.30. The summed E-state index contributed by atoms with van der Waals surface area (Å²) in [5, 5.41) is 29.1. The number of hydrogen-bond donors (Lipinski definition) is 3. The molecule has 4 atom stereocenters. The Morgan fingerprint density at radius 3 is 2.42 bits per heavy atom. The predicted molar refractivity (Wildman–Crippen MR) is 92.8 cm³/mol. The zero-order valence-corrected chi connectivity index (χ0v) is 14.6. The summed E-state index contributed by atoms with van der Waals surface area (Å²) in [6, 6.07) is 9.09. The smallest absolute Gasteiger partial charge is 0.173 e. The third-order valence-corrected chi connectivity index (χ3v) is 4.44. The number of para-hydroxylation sites is 1. The van der Waals surface area contributed by atoms with Crippen LogP contribution in [0.5, 0.6) is 5.75 Å². The highest BCUT2D eigenvalue weighted by molar-refractivity contribution is 5.82. The number of ether oxygens (including phenoxy) is 1. The number of rotatable bonds is 12. The fourth-order valence-electron chi connectivity index (χ4n) is 2.78. The summed E-state index contributed by atoms with van der Waals surface area (Å²) >= 11 is 0. The first-order valence-corrected chi connectivity index (χ1v) is 8.68. The third kappa shape index (κ3) is 6.59. The van der Waals surface area contributed by atoms with Gasteiger partial charge in [-0.2, -0.15) is 0 Å². The van der Waals surface area contributed by atoms with Gasteiger partial charge in [-0.15, -0.1) is 0 Å². The van der Waals surface area contributed by atoms with Crippen LogP contribution in [-0.2, 0) is 4.79 Å². The molecule has 0 aliphatic rings. The largest absolute Gasteiger partial charge is 0.486 e. The molecule has 0 spiro atoms. The summed E-state index contributed by atoms with van der Waals surface area (Å²) < 4.78 is 5.49. The first-order valence-electron chi connectivity index (χ1n) is 8.68. The second kappa shape index (κ2) is 11.2. The Labute approximate surface area is 144 Å². The van der Waals surface area contributed by atoms with Crippen molar-refractivity contribution < 1.29 is 24.9 Å². The van der Waals surface area contributed by atoms with Gasteiger partial charge >= 0.3 is 0 Å².